The van der Waals surface area contributed by atoms with Gasteiger partial charge in [0.15, 0.2) is 0 Å². The largest absolute Gasteiger partial charge is 0.394 e. The molecule has 0 aliphatic carbocycles. The predicted molar refractivity (Wildman–Crippen MR) is 48.9 cm³/mol. The molecular weight excluding hydrogens is 204 g/mol. The van der Waals surface area contributed by atoms with Crippen LogP contribution in [0, 0.1) is 0 Å². The van der Waals surface area contributed by atoms with Crippen molar-refractivity contribution in [3.8, 4) is 0 Å². The average molecular weight is 216 g/mol. The quantitative estimate of drug-likeness (QED) is 0.540. The number of anilines is 1. The van der Waals surface area contributed by atoms with Gasteiger partial charge in [0, 0.05) is 7.11 Å². The van der Waals surface area contributed by atoms with E-state index in [1.165, 1.54) is 7.11 Å². The number of hydrogen-bond donors (Lipinski definition) is 3. The lowest BCUT2D eigenvalue weighted by molar-refractivity contribution is 0.0831. The second-order valence-electron chi connectivity index (χ2n) is 2.81. The second-order valence-corrected chi connectivity index (χ2v) is 2.81. The van der Waals surface area contributed by atoms with E-state index in [4.69, 9.17) is 15.6 Å². The Morgan fingerprint density at radius 1 is 1.73 bits per heavy atom. The van der Waals surface area contributed by atoms with Crippen molar-refractivity contribution in [3.63, 3.8) is 0 Å². The number of rotatable bonds is 5. The lowest BCUT2D eigenvalue weighted by atomic mass is 10.3. The molecule has 0 spiro atoms. The molecule has 15 heavy (non-hydrogen) atoms. The molecule has 1 atom stereocenters. The molecule has 8 heteroatoms. The number of carbonyl (C=O) groups excluding carboxylic acids is 1. The number of nitrogens with one attached hydrogen (secondary N) is 1. The zero-order chi connectivity index (χ0) is 11.3. The summed E-state index contributed by atoms with van der Waals surface area (Å²) < 4.78 is 9.04. The molecule has 1 amide bonds. The van der Waals surface area contributed by atoms with Crippen LogP contribution in [0.15, 0.2) is 4.63 Å². The molecule has 84 valence electrons. The number of amides is 1. The van der Waals surface area contributed by atoms with Crippen LogP contribution >= 0.6 is 0 Å². The van der Waals surface area contributed by atoms with Crippen LogP contribution in [-0.4, -0.2) is 47.7 Å². The minimum Gasteiger partial charge on any atom is -0.394 e. The average Bonchev–Trinajstić information content (AvgIpc) is 2.63. The first-order valence-electron chi connectivity index (χ1n) is 4.17. The summed E-state index contributed by atoms with van der Waals surface area (Å²) in [5, 5.41) is 17.9. The van der Waals surface area contributed by atoms with Crippen LogP contribution < -0.4 is 11.1 Å². The van der Waals surface area contributed by atoms with Gasteiger partial charge in [0.25, 0.3) is 5.91 Å². The number of nitrogen functional groups attached to an aromatic ring is 1. The fraction of sp³-hybridized carbons (Fsp3) is 0.571. The lowest BCUT2D eigenvalue weighted by Gasteiger charge is -2.13. The molecule has 0 radical (unpaired) electrons. The summed E-state index contributed by atoms with van der Waals surface area (Å²) >= 11 is 0. The number of aromatic nitrogens is 2. The summed E-state index contributed by atoms with van der Waals surface area (Å²) in [6, 6.07) is -0.515. The molecule has 1 heterocycles. The molecule has 0 aromatic carbocycles. The molecule has 1 rings (SSSR count). The Kier molecular flexibility index (Phi) is 4.01. The summed E-state index contributed by atoms with van der Waals surface area (Å²) in [6.45, 7) is -0.0574. The number of hydrogen-bond acceptors (Lipinski definition) is 7. The summed E-state index contributed by atoms with van der Waals surface area (Å²) in [7, 11) is 1.46. The Bertz CT molecular complexity index is 327. The third kappa shape index (κ3) is 2.89. The van der Waals surface area contributed by atoms with Gasteiger partial charge in [-0.05, 0) is 10.3 Å². The van der Waals surface area contributed by atoms with Gasteiger partial charge in [0.05, 0.1) is 19.3 Å². The first-order valence-corrected chi connectivity index (χ1v) is 4.17. The standard InChI is InChI=1S/C7H12N4O4/c1-14-3-4(2-12)9-7(13)5-6(8)11-15-10-5/h4,12H,2-3H2,1H3,(H2,8,11)(H,9,13). The summed E-state index contributed by atoms with van der Waals surface area (Å²) in [5.74, 6) is -0.661. The number of methoxy groups -OCH3 is 1. The topological polar surface area (TPSA) is 124 Å². The Balaban J connectivity index is 2.58. The van der Waals surface area contributed by atoms with Crippen LogP contribution in [0.5, 0.6) is 0 Å². The van der Waals surface area contributed by atoms with E-state index in [0.717, 1.165) is 0 Å². The van der Waals surface area contributed by atoms with E-state index in [0.29, 0.717) is 0 Å². The Labute approximate surface area is 85.4 Å². The predicted octanol–water partition coefficient (Wildman–Crippen LogP) is -1.61. The molecule has 4 N–H and O–H groups in total. The Hall–Kier alpha value is -1.67. The van der Waals surface area contributed by atoms with Crippen LogP contribution in [0.25, 0.3) is 0 Å². The second kappa shape index (κ2) is 5.27. The molecule has 0 saturated heterocycles. The lowest BCUT2D eigenvalue weighted by Crippen LogP contribution is -2.41. The van der Waals surface area contributed by atoms with E-state index in [9.17, 15) is 4.79 Å². The Morgan fingerprint density at radius 3 is 2.93 bits per heavy atom. The van der Waals surface area contributed by atoms with Crippen LogP contribution in [0.1, 0.15) is 10.5 Å². The van der Waals surface area contributed by atoms with Crippen molar-refractivity contribution in [2.75, 3.05) is 26.1 Å². The maximum atomic E-state index is 11.5. The van der Waals surface area contributed by atoms with Gasteiger partial charge < -0.3 is 20.9 Å². The molecule has 0 bridgehead atoms. The van der Waals surface area contributed by atoms with E-state index >= 15 is 0 Å². The van der Waals surface area contributed by atoms with Crippen molar-refractivity contribution < 1.29 is 19.3 Å². The Morgan fingerprint density at radius 2 is 2.47 bits per heavy atom. The highest BCUT2D eigenvalue weighted by Gasteiger charge is 2.19. The fourth-order valence-electron chi connectivity index (χ4n) is 0.948. The van der Waals surface area contributed by atoms with Crippen molar-refractivity contribution in [2.24, 2.45) is 0 Å². The summed E-state index contributed by atoms with van der Waals surface area (Å²) in [6.07, 6.45) is 0. The zero-order valence-electron chi connectivity index (χ0n) is 8.14. The number of aliphatic hydroxyl groups excluding tert-OH is 1. The zero-order valence-corrected chi connectivity index (χ0v) is 8.14. The van der Waals surface area contributed by atoms with E-state index < -0.39 is 11.9 Å². The van der Waals surface area contributed by atoms with Gasteiger partial charge in [-0.3, -0.25) is 4.79 Å². The van der Waals surface area contributed by atoms with Crippen LogP contribution in [-0.2, 0) is 4.74 Å². The van der Waals surface area contributed by atoms with E-state index in [1.807, 2.05) is 0 Å². The SMILES string of the molecule is COCC(CO)NC(=O)c1nonc1N. The van der Waals surface area contributed by atoms with Gasteiger partial charge >= 0.3 is 0 Å². The number of nitrogens with zero attached hydrogens (tertiary/aromatic N) is 2. The normalized spacial score (nSPS) is 12.4. The molecule has 1 aromatic heterocycles. The minimum atomic E-state index is -0.565. The maximum absolute atomic E-state index is 11.5. The van der Waals surface area contributed by atoms with Gasteiger partial charge in [-0.2, -0.15) is 0 Å². The molecule has 1 aromatic rings. The monoisotopic (exact) mass is 216 g/mol. The van der Waals surface area contributed by atoms with Gasteiger partial charge in [0.1, 0.15) is 0 Å². The van der Waals surface area contributed by atoms with Crippen molar-refractivity contribution in [2.45, 2.75) is 6.04 Å². The van der Waals surface area contributed by atoms with Crippen molar-refractivity contribution in [1.82, 2.24) is 15.6 Å². The first-order chi connectivity index (χ1) is 7.19. The summed E-state index contributed by atoms with van der Waals surface area (Å²) in [4.78, 5) is 11.5. The third-order valence-electron chi connectivity index (χ3n) is 1.65. The first kappa shape index (κ1) is 11.4. The summed E-state index contributed by atoms with van der Waals surface area (Å²) in [5.41, 5.74) is 5.20. The van der Waals surface area contributed by atoms with Crippen LogP contribution in [0.2, 0.25) is 0 Å². The van der Waals surface area contributed by atoms with E-state index in [-0.39, 0.29) is 24.7 Å². The van der Waals surface area contributed by atoms with Gasteiger partial charge in [-0.15, -0.1) is 0 Å². The molecular formula is C7H12N4O4. The molecule has 8 nitrogen and oxygen atoms in total. The highest BCUT2D eigenvalue weighted by molar-refractivity contribution is 5.96. The van der Waals surface area contributed by atoms with Crippen LogP contribution in [0.4, 0.5) is 5.82 Å². The number of carbonyl (C=O) groups is 1. The van der Waals surface area contributed by atoms with Crippen molar-refractivity contribution in [3.05, 3.63) is 5.69 Å². The minimum absolute atomic E-state index is 0.0957. The smallest absolute Gasteiger partial charge is 0.277 e. The fourth-order valence-corrected chi connectivity index (χ4v) is 0.948. The number of aliphatic hydroxyl groups is 1. The van der Waals surface area contributed by atoms with Gasteiger partial charge in [-0.1, -0.05) is 0 Å². The van der Waals surface area contributed by atoms with Crippen molar-refractivity contribution >= 4 is 11.7 Å². The third-order valence-corrected chi connectivity index (χ3v) is 1.65. The van der Waals surface area contributed by atoms with Gasteiger partial charge in [-0.25, -0.2) is 4.63 Å². The van der Waals surface area contributed by atoms with Gasteiger partial charge in [0.2, 0.25) is 11.5 Å². The molecule has 1 unspecified atom stereocenters. The van der Waals surface area contributed by atoms with Crippen molar-refractivity contribution in [1.29, 1.82) is 0 Å². The van der Waals surface area contributed by atoms with E-state index in [2.05, 4.69) is 20.3 Å². The molecule has 0 aliphatic rings. The number of nitrogens with two attached hydrogens (primary N) is 1. The number of ether oxygens (including phenoxy) is 1. The van der Waals surface area contributed by atoms with Crippen LogP contribution in [0.3, 0.4) is 0 Å². The highest BCUT2D eigenvalue weighted by atomic mass is 16.6. The maximum Gasteiger partial charge on any atom is 0.277 e. The molecule has 0 saturated carbocycles. The van der Waals surface area contributed by atoms with E-state index in [1.54, 1.807) is 0 Å². The molecule has 0 fully saturated rings. The highest BCUT2D eigenvalue weighted by Crippen LogP contribution is 2.03. The molecule has 0 aliphatic heterocycles.